The summed E-state index contributed by atoms with van der Waals surface area (Å²) in [5, 5.41) is 2.09. The van der Waals surface area contributed by atoms with E-state index in [0.717, 1.165) is 16.7 Å². The minimum absolute atomic E-state index is 0.0460. The molecule has 2 saturated carbocycles. The summed E-state index contributed by atoms with van der Waals surface area (Å²) in [5.74, 6) is -13.4. The summed E-state index contributed by atoms with van der Waals surface area (Å²) in [4.78, 5) is 53.0. The molecule has 4 aromatic rings. The summed E-state index contributed by atoms with van der Waals surface area (Å²) in [7, 11) is -2.47. The SMILES string of the molecule is C=C[C@@H]1C[C@]1(CC(=O)[C@@H]1C[C@@H](Oc2ncc(OC)c3ccc(Cl)cc23)CN1C(=O)[C@@H](Cc1nc(-c2c(F)c(F)c(F)c(F)c2F)cs1)C(C)(C)C)C(=O)NS(=O)(=O)C1CC1. The quantitative estimate of drug-likeness (QED) is 0.0582. The van der Waals surface area contributed by atoms with Crippen LogP contribution in [0.25, 0.3) is 22.0 Å². The highest BCUT2D eigenvalue weighted by Gasteiger charge is 2.61. The monoisotopic (exact) mass is 894 g/mol. The number of hydrogen-bond acceptors (Lipinski definition) is 10. The lowest BCUT2D eigenvalue weighted by molar-refractivity contribution is -0.144. The first-order valence-corrected chi connectivity index (χ1v) is 21.8. The van der Waals surface area contributed by atoms with Gasteiger partial charge in [-0.05, 0) is 48.8 Å². The molecule has 0 bridgehead atoms. The molecule has 0 unspecified atom stereocenters. The number of fused-ring (bicyclic) bond motifs is 1. The Morgan fingerprint density at radius 3 is 2.35 bits per heavy atom. The van der Waals surface area contributed by atoms with Crippen LogP contribution >= 0.6 is 22.9 Å². The summed E-state index contributed by atoms with van der Waals surface area (Å²) < 4.78 is 111. The van der Waals surface area contributed by atoms with Crippen molar-refractivity contribution in [2.45, 2.75) is 76.7 Å². The van der Waals surface area contributed by atoms with Gasteiger partial charge in [0.05, 0.1) is 52.8 Å². The number of ether oxygens (including phenoxy) is 2. The molecule has 19 heteroatoms. The Morgan fingerprint density at radius 2 is 1.75 bits per heavy atom. The van der Waals surface area contributed by atoms with Crippen molar-refractivity contribution in [3.05, 3.63) is 81.5 Å². The Labute approximate surface area is 351 Å². The molecular weight excluding hydrogens is 855 g/mol. The van der Waals surface area contributed by atoms with Crippen LogP contribution in [0.1, 0.15) is 57.9 Å². The third-order valence-electron chi connectivity index (χ3n) is 11.5. The summed E-state index contributed by atoms with van der Waals surface area (Å²) in [6.45, 7) is 8.91. The summed E-state index contributed by atoms with van der Waals surface area (Å²) >= 11 is 7.19. The molecule has 7 rings (SSSR count). The minimum Gasteiger partial charge on any atom is -0.494 e. The zero-order valence-corrected chi connectivity index (χ0v) is 35.2. The van der Waals surface area contributed by atoms with E-state index in [1.54, 1.807) is 39.0 Å². The number of sulfonamides is 1. The molecule has 1 aliphatic heterocycles. The van der Waals surface area contributed by atoms with Crippen LogP contribution in [0.2, 0.25) is 5.02 Å². The summed E-state index contributed by atoms with van der Waals surface area (Å²) in [6.07, 6.45) is 2.51. The third-order valence-corrected chi connectivity index (χ3v) is 14.4. The number of allylic oxidation sites excluding steroid dienone is 1. The van der Waals surface area contributed by atoms with Gasteiger partial charge in [-0.1, -0.05) is 38.4 Å². The molecule has 3 heterocycles. The van der Waals surface area contributed by atoms with Crippen LogP contribution in [0.4, 0.5) is 22.0 Å². The fraction of sp³-hybridized carbons (Fsp3) is 0.439. The Bertz CT molecular complexity index is 2520. The maximum absolute atomic E-state index is 14.9. The van der Waals surface area contributed by atoms with Gasteiger partial charge in [0, 0.05) is 46.4 Å². The number of halogens is 6. The third kappa shape index (κ3) is 8.09. The van der Waals surface area contributed by atoms with Crippen LogP contribution < -0.4 is 14.2 Å². The van der Waals surface area contributed by atoms with E-state index in [0.29, 0.717) is 34.4 Å². The van der Waals surface area contributed by atoms with E-state index < -0.39 is 114 Å². The summed E-state index contributed by atoms with van der Waals surface area (Å²) in [5.41, 5.74) is -3.99. The van der Waals surface area contributed by atoms with Crippen LogP contribution in [-0.4, -0.2) is 71.9 Å². The first kappa shape index (κ1) is 43.4. The molecule has 11 nitrogen and oxygen atoms in total. The number of likely N-dealkylation sites (tertiary alicyclic amines) is 1. The Balaban J connectivity index is 1.21. The lowest BCUT2D eigenvalue weighted by Crippen LogP contribution is -2.48. The predicted molar refractivity (Wildman–Crippen MR) is 212 cm³/mol. The van der Waals surface area contributed by atoms with Crippen LogP contribution in [0.15, 0.2) is 42.4 Å². The highest BCUT2D eigenvalue weighted by atomic mass is 35.5. The van der Waals surface area contributed by atoms with Gasteiger partial charge in [-0.25, -0.2) is 40.3 Å². The van der Waals surface area contributed by atoms with Crippen LogP contribution in [0.3, 0.4) is 0 Å². The Morgan fingerprint density at radius 1 is 1.08 bits per heavy atom. The Hall–Kier alpha value is -4.68. The van der Waals surface area contributed by atoms with Crippen LogP contribution in [0.5, 0.6) is 11.6 Å². The Kier molecular flexibility index (Phi) is 11.6. The average molecular weight is 895 g/mol. The topological polar surface area (TPSA) is 145 Å². The molecule has 5 atom stereocenters. The molecule has 320 valence electrons. The molecule has 0 radical (unpaired) electrons. The van der Waals surface area contributed by atoms with Gasteiger partial charge in [-0.2, -0.15) is 0 Å². The predicted octanol–water partition coefficient (Wildman–Crippen LogP) is 7.73. The molecule has 3 fully saturated rings. The molecule has 3 aliphatic rings. The number of rotatable bonds is 14. The number of amides is 2. The van der Waals surface area contributed by atoms with Gasteiger partial charge in [0.25, 0.3) is 0 Å². The first-order chi connectivity index (χ1) is 28.2. The van der Waals surface area contributed by atoms with Gasteiger partial charge in [0.2, 0.25) is 33.5 Å². The first-order valence-electron chi connectivity index (χ1n) is 19.0. The van der Waals surface area contributed by atoms with Crippen molar-refractivity contribution < 1.29 is 54.2 Å². The van der Waals surface area contributed by atoms with Crippen molar-refractivity contribution in [3.63, 3.8) is 0 Å². The van der Waals surface area contributed by atoms with Gasteiger partial charge < -0.3 is 14.4 Å². The molecular formula is C41H40ClF5N4O7S2. The van der Waals surface area contributed by atoms with E-state index in [9.17, 15) is 44.8 Å². The number of ketones is 1. The van der Waals surface area contributed by atoms with E-state index >= 15 is 0 Å². The number of Topliss-reactive ketones (excluding diaryl/α,β-unsaturated/α-hetero) is 1. The highest BCUT2D eigenvalue weighted by molar-refractivity contribution is 7.90. The fourth-order valence-corrected chi connectivity index (χ4v) is 10.2. The minimum atomic E-state index is -3.95. The molecule has 2 aromatic carbocycles. The zero-order valence-electron chi connectivity index (χ0n) is 32.8. The van der Waals surface area contributed by atoms with Crippen molar-refractivity contribution in [1.29, 1.82) is 0 Å². The number of hydrogen-bond donors (Lipinski definition) is 1. The lowest BCUT2D eigenvalue weighted by atomic mass is 9.77. The largest absolute Gasteiger partial charge is 0.494 e. The molecule has 0 spiro atoms. The van der Waals surface area contributed by atoms with Crippen LogP contribution in [0, 0.1) is 51.8 Å². The molecule has 2 amide bonds. The van der Waals surface area contributed by atoms with E-state index in [1.165, 1.54) is 24.3 Å². The summed E-state index contributed by atoms with van der Waals surface area (Å²) in [6, 6.07) is 3.85. The second kappa shape index (κ2) is 16.0. The van der Waals surface area contributed by atoms with E-state index in [-0.39, 0.29) is 36.7 Å². The van der Waals surface area contributed by atoms with Gasteiger partial charge in [0.1, 0.15) is 11.9 Å². The average Bonchev–Trinajstić information content (AvgIpc) is 4.09. The molecule has 60 heavy (non-hydrogen) atoms. The second-order valence-corrected chi connectivity index (χ2v) is 19.9. The number of pyridine rings is 1. The molecule has 2 aromatic heterocycles. The molecule has 1 N–H and O–H groups in total. The standard InChI is InChI=1S/C41H40ClF5N4O7S2/c1-6-19-14-41(19,39(54)50-60(55,56)22-8-9-22)15-28(52)27-12-21(58-37-24-11-20(42)7-10-23(24)29(57-5)16-48-37)17-51(27)38(53)25(40(2,3)4)13-30-49-26(18-59-30)31-32(43)34(45)36(47)35(46)33(31)44/h6-7,10-11,16,18-19,21-22,25,27H,1,8-9,12-15,17H2,2-5H3,(H,50,54)/t19-,21-,25-,27+,41-/m1/s1. The van der Waals surface area contributed by atoms with Crippen molar-refractivity contribution in [2.24, 2.45) is 22.7 Å². The van der Waals surface area contributed by atoms with Crippen molar-refractivity contribution in [2.75, 3.05) is 13.7 Å². The number of nitrogens with one attached hydrogen (secondary N) is 1. The normalized spacial score (nSPS) is 22.1. The molecule has 2 aliphatic carbocycles. The van der Waals surface area contributed by atoms with Crippen molar-refractivity contribution in [1.82, 2.24) is 19.6 Å². The number of carbonyl (C=O) groups excluding carboxylic acids is 3. The van der Waals surface area contributed by atoms with Gasteiger partial charge >= 0.3 is 0 Å². The van der Waals surface area contributed by atoms with E-state index in [4.69, 9.17) is 21.1 Å². The molecule has 1 saturated heterocycles. The van der Waals surface area contributed by atoms with E-state index in [2.05, 4.69) is 21.3 Å². The smallest absolute Gasteiger partial charge is 0.240 e. The van der Waals surface area contributed by atoms with Crippen molar-refractivity contribution >= 4 is 61.3 Å². The number of aromatic nitrogens is 2. The maximum atomic E-state index is 14.9. The number of methoxy groups -OCH3 is 1. The lowest BCUT2D eigenvalue weighted by Gasteiger charge is -2.35. The maximum Gasteiger partial charge on any atom is 0.240 e. The van der Waals surface area contributed by atoms with E-state index in [1.807, 2.05) is 0 Å². The fourth-order valence-electron chi connectivity index (χ4n) is 7.81. The van der Waals surface area contributed by atoms with Gasteiger partial charge in [0.15, 0.2) is 29.1 Å². The number of carbonyl (C=O) groups is 3. The number of nitrogens with zero attached hydrogens (tertiary/aromatic N) is 3. The van der Waals surface area contributed by atoms with Crippen molar-refractivity contribution in [3.8, 4) is 22.9 Å². The van der Waals surface area contributed by atoms with Gasteiger partial charge in [-0.3, -0.25) is 19.1 Å². The number of benzene rings is 2. The second-order valence-electron chi connectivity index (χ2n) is 16.5. The van der Waals surface area contributed by atoms with Crippen LogP contribution in [-0.2, 0) is 30.8 Å². The number of thiazole rings is 1. The highest BCUT2D eigenvalue weighted by Crippen LogP contribution is 2.57. The zero-order chi connectivity index (χ0) is 43.6. The van der Waals surface area contributed by atoms with Gasteiger partial charge in [-0.15, -0.1) is 17.9 Å².